The lowest BCUT2D eigenvalue weighted by Crippen LogP contribution is -2.09. The summed E-state index contributed by atoms with van der Waals surface area (Å²) in [5.41, 5.74) is -0.587. The third-order valence-electron chi connectivity index (χ3n) is 2.77. The maximum atomic E-state index is 12.5. The van der Waals surface area contributed by atoms with Gasteiger partial charge in [0.1, 0.15) is 0 Å². The number of urea groups is 1. The molecule has 0 aliphatic carbocycles. The molecule has 10 heteroatoms. The van der Waals surface area contributed by atoms with Crippen LogP contribution in [0.5, 0.6) is 0 Å². The van der Waals surface area contributed by atoms with Crippen molar-refractivity contribution in [3.05, 3.63) is 59.1 Å². The highest BCUT2D eigenvalue weighted by molar-refractivity contribution is 8.15. The molecule has 128 valence electrons. The van der Waals surface area contributed by atoms with Gasteiger partial charge in [-0.25, -0.2) is 9.00 Å². The number of anilines is 1. The third-order valence-corrected chi connectivity index (χ3v) is 5.02. The van der Waals surface area contributed by atoms with Crippen molar-refractivity contribution in [2.75, 3.05) is 5.32 Å². The molecule has 0 aromatic heterocycles. The molecule has 0 bridgehead atoms. The Kier molecular flexibility index (Phi) is 5.42. The number of nitrogens with one attached hydrogen (secondary N) is 1. The number of benzene rings is 2. The molecule has 0 fully saturated rings. The first-order valence-corrected chi connectivity index (χ1v) is 9.00. The van der Waals surface area contributed by atoms with E-state index in [1.165, 1.54) is 24.3 Å². The molecule has 1 atom stereocenters. The maximum absolute atomic E-state index is 12.5. The zero-order valence-corrected chi connectivity index (χ0v) is 14.0. The number of amides is 2. The Labute approximate surface area is 145 Å². The average molecular weight is 397 g/mol. The second-order valence-electron chi connectivity index (χ2n) is 4.51. The number of carbonyl (C=O) groups excluding carboxylic acids is 1. The van der Waals surface area contributed by atoms with Gasteiger partial charge in [0.05, 0.1) is 10.5 Å². The van der Waals surface area contributed by atoms with Crippen molar-refractivity contribution in [3.8, 4) is 0 Å². The van der Waals surface area contributed by atoms with Crippen LogP contribution in [0.2, 0.25) is 5.02 Å². The lowest BCUT2D eigenvalue weighted by molar-refractivity contribution is -0.137. The van der Waals surface area contributed by atoms with E-state index in [1.54, 1.807) is 0 Å². The van der Waals surface area contributed by atoms with Crippen molar-refractivity contribution in [3.63, 3.8) is 0 Å². The second kappa shape index (κ2) is 7.00. The first-order chi connectivity index (χ1) is 11.1. The summed E-state index contributed by atoms with van der Waals surface area (Å²) in [7, 11) is 2.00. The van der Waals surface area contributed by atoms with Gasteiger partial charge in [0.15, 0.2) is 8.94 Å². The predicted molar refractivity (Wildman–Crippen MR) is 86.6 cm³/mol. The summed E-state index contributed by atoms with van der Waals surface area (Å²) in [6.45, 7) is 0. The lowest BCUT2D eigenvalue weighted by Gasteiger charge is -2.08. The minimum atomic E-state index is -4.53. The van der Waals surface area contributed by atoms with Crippen molar-refractivity contribution in [2.45, 2.75) is 11.1 Å². The van der Waals surface area contributed by atoms with Gasteiger partial charge in [-0.1, -0.05) is 11.6 Å². The Morgan fingerprint density at radius 1 is 1.04 bits per heavy atom. The van der Waals surface area contributed by atoms with Crippen LogP contribution in [0, 0.1) is 0 Å². The number of carbonyl (C=O) groups is 1. The largest absolute Gasteiger partial charge is 0.416 e. The monoisotopic (exact) mass is 396 g/mol. The summed E-state index contributed by atoms with van der Waals surface area (Å²) in [5.74, 6) is 0. The Morgan fingerprint density at radius 2 is 1.58 bits per heavy atom. The van der Waals surface area contributed by atoms with Gasteiger partial charge in [-0.05, 0) is 48.5 Å². The molecule has 0 radical (unpaired) electrons. The van der Waals surface area contributed by atoms with Crippen molar-refractivity contribution < 1.29 is 22.2 Å². The zero-order chi connectivity index (χ0) is 18.0. The van der Waals surface area contributed by atoms with Gasteiger partial charge in [0, 0.05) is 21.4 Å². The molecule has 24 heavy (non-hydrogen) atoms. The molecule has 2 aromatic carbocycles. The molecule has 0 heterocycles. The van der Waals surface area contributed by atoms with Gasteiger partial charge in [0.2, 0.25) is 0 Å². The number of alkyl halides is 3. The minimum Gasteiger partial charge on any atom is -0.306 e. The van der Waals surface area contributed by atoms with Crippen LogP contribution in [0.25, 0.3) is 0 Å². The van der Waals surface area contributed by atoms with Crippen LogP contribution in [0.15, 0.2) is 57.8 Å². The average Bonchev–Trinajstić information content (AvgIpc) is 2.48. The van der Waals surface area contributed by atoms with Crippen molar-refractivity contribution in [1.29, 1.82) is 0 Å². The fraction of sp³-hybridized carbons (Fsp3) is 0.0714. The summed E-state index contributed by atoms with van der Waals surface area (Å²) in [5, 5.41) is 2.78. The first kappa shape index (κ1) is 18.6. The summed E-state index contributed by atoms with van der Waals surface area (Å²) in [6, 6.07) is 8.27. The zero-order valence-electron chi connectivity index (χ0n) is 11.7. The molecule has 2 aromatic rings. The fourth-order valence-corrected chi connectivity index (χ4v) is 3.11. The van der Waals surface area contributed by atoms with E-state index in [-0.39, 0.29) is 4.90 Å². The molecule has 0 aliphatic rings. The van der Waals surface area contributed by atoms with E-state index in [0.717, 1.165) is 12.1 Å². The Bertz CT molecular complexity index is 859. The van der Waals surface area contributed by atoms with E-state index in [1.807, 2.05) is 0 Å². The molecule has 2 rings (SSSR count). The summed E-state index contributed by atoms with van der Waals surface area (Å²) in [4.78, 5) is 11.6. The summed E-state index contributed by atoms with van der Waals surface area (Å²) < 4.78 is 53.0. The number of halogens is 5. The van der Waals surface area contributed by atoms with Gasteiger partial charge in [0.25, 0.3) is 0 Å². The molecular formula is C14H9Cl2F3N2O2S. The topological polar surface area (TPSA) is 58.5 Å². The molecule has 4 nitrogen and oxygen atoms in total. The van der Waals surface area contributed by atoms with E-state index < -0.39 is 26.7 Å². The van der Waals surface area contributed by atoms with Crippen LogP contribution in [-0.4, -0.2) is 10.2 Å². The number of hydrogen-bond acceptors (Lipinski definition) is 2. The Morgan fingerprint density at radius 3 is 2.08 bits per heavy atom. The molecule has 1 unspecified atom stereocenters. The molecule has 2 amide bonds. The van der Waals surface area contributed by atoms with E-state index in [9.17, 15) is 22.2 Å². The Hall–Kier alpha value is -1.77. The lowest BCUT2D eigenvalue weighted by atomic mass is 10.2. The summed E-state index contributed by atoms with van der Waals surface area (Å²) >= 11 is 5.70. The number of rotatable bonds is 2. The molecule has 0 saturated carbocycles. The van der Waals surface area contributed by atoms with Gasteiger partial charge >= 0.3 is 12.2 Å². The van der Waals surface area contributed by atoms with Crippen molar-refractivity contribution in [2.24, 2.45) is 4.36 Å². The van der Waals surface area contributed by atoms with Gasteiger partial charge < -0.3 is 5.32 Å². The van der Waals surface area contributed by atoms with Crippen LogP contribution < -0.4 is 5.32 Å². The van der Waals surface area contributed by atoms with Crippen molar-refractivity contribution in [1.82, 2.24) is 0 Å². The molecule has 0 spiro atoms. The highest BCUT2D eigenvalue weighted by atomic mass is 35.7. The second-order valence-corrected chi connectivity index (χ2v) is 7.77. The van der Waals surface area contributed by atoms with Gasteiger partial charge in [-0.2, -0.15) is 13.2 Å². The van der Waals surface area contributed by atoms with Gasteiger partial charge in [-0.15, -0.1) is 4.36 Å². The van der Waals surface area contributed by atoms with Crippen LogP contribution >= 0.6 is 22.3 Å². The molecular weight excluding hydrogens is 388 g/mol. The van der Waals surface area contributed by atoms with E-state index in [4.69, 9.17) is 22.3 Å². The minimum absolute atomic E-state index is 0.205. The maximum Gasteiger partial charge on any atom is 0.416 e. The number of nitrogens with zero attached hydrogens (tertiary/aromatic N) is 1. The molecule has 0 aliphatic heterocycles. The predicted octanol–water partition coefficient (Wildman–Crippen LogP) is 5.57. The van der Waals surface area contributed by atoms with Crippen LogP contribution in [-0.2, 0) is 15.1 Å². The van der Waals surface area contributed by atoms with E-state index in [0.29, 0.717) is 22.8 Å². The Balaban J connectivity index is 2.22. The number of hydrogen-bond donors (Lipinski definition) is 1. The van der Waals surface area contributed by atoms with E-state index in [2.05, 4.69) is 9.68 Å². The highest BCUT2D eigenvalue weighted by Crippen LogP contribution is 2.30. The smallest absolute Gasteiger partial charge is 0.306 e. The third kappa shape index (κ3) is 4.86. The quantitative estimate of drug-likeness (QED) is 0.674. The van der Waals surface area contributed by atoms with Crippen LogP contribution in [0.4, 0.5) is 23.7 Å². The van der Waals surface area contributed by atoms with Crippen LogP contribution in [0.3, 0.4) is 0 Å². The molecule has 0 saturated heterocycles. The fourth-order valence-electron chi connectivity index (χ4n) is 1.65. The standard InChI is InChI=1S/C14H9Cl2F3N2O2S/c15-10-3-5-11(6-4-10)20-13(22)21-24(16,23)12-7-1-9(2-8-12)14(17,18)19/h1-8H,(H,20,22). The first-order valence-electron chi connectivity index (χ1n) is 6.28. The summed E-state index contributed by atoms with van der Waals surface area (Å²) in [6.07, 6.45) is -4.53. The normalized spacial score (nSPS) is 13.9. The SMILES string of the molecule is O=C(N=S(=O)(Cl)c1ccc(C(F)(F)F)cc1)Nc1ccc(Cl)cc1. The highest BCUT2D eigenvalue weighted by Gasteiger charge is 2.30. The molecule has 1 N–H and O–H groups in total. The van der Waals surface area contributed by atoms with Crippen LogP contribution in [0.1, 0.15) is 5.56 Å². The van der Waals surface area contributed by atoms with E-state index >= 15 is 0 Å². The van der Waals surface area contributed by atoms with Gasteiger partial charge in [-0.3, -0.25) is 0 Å². The van der Waals surface area contributed by atoms with Crippen molar-refractivity contribution >= 4 is 42.9 Å².